The predicted molar refractivity (Wildman–Crippen MR) is 512 cm³/mol. The van der Waals surface area contributed by atoms with Crippen molar-refractivity contribution < 1.29 is 0 Å². The van der Waals surface area contributed by atoms with Gasteiger partial charge in [-0.2, -0.15) is 0 Å². The van der Waals surface area contributed by atoms with E-state index in [-0.39, 0.29) is 0 Å². The summed E-state index contributed by atoms with van der Waals surface area (Å²) in [5.74, 6) is 1.37. The molecular formula is C116H76N8. The lowest BCUT2D eigenvalue weighted by atomic mass is 9.96. The average Bonchev–Trinajstić information content (AvgIpc) is 0.775. The molecule has 0 aliphatic heterocycles. The number of pyridine rings is 4. The van der Waals surface area contributed by atoms with Gasteiger partial charge >= 0.3 is 0 Å². The van der Waals surface area contributed by atoms with Crippen LogP contribution in [-0.4, -0.2) is 39.9 Å². The van der Waals surface area contributed by atoms with Gasteiger partial charge in [-0.05, 0) is 115 Å². The highest BCUT2D eigenvalue weighted by molar-refractivity contribution is 6.11. The second-order valence-electron chi connectivity index (χ2n) is 30.9. The zero-order valence-electron chi connectivity index (χ0n) is 67.5. The largest absolute Gasteiger partial charge is 0.245 e. The summed E-state index contributed by atoms with van der Waals surface area (Å²) < 4.78 is 0. The topological polar surface area (TPSA) is 103 Å². The molecule has 0 saturated heterocycles. The highest BCUT2D eigenvalue weighted by atomic mass is 14.9. The van der Waals surface area contributed by atoms with Crippen molar-refractivity contribution in [3.63, 3.8) is 0 Å². The fraction of sp³-hybridized carbons (Fsp3) is 0. The van der Waals surface area contributed by atoms with Crippen molar-refractivity contribution in [3.8, 4) is 180 Å². The van der Waals surface area contributed by atoms with Crippen LogP contribution in [0.15, 0.2) is 461 Å². The minimum Gasteiger partial charge on any atom is -0.245 e. The molecule has 0 aliphatic carbocycles. The quantitative estimate of drug-likeness (QED) is 0.0882. The average molecular weight is 1580 g/mol. The Hall–Kier alpha value is -16.7. The second-order valence-corrected chi connectivity index (χ2v) is 30.9. The Balaban J connectivity index is 0.000000152. The van der Waals surface area contributed by atoms with Gasteiger partial charge in [0.05, 0.1) is 67.6 Å². The highest BCUT2D eigenvalue weighted by Gasteiger charge is 2.20. The van der Waals surface area contributed by atoms with E-state index in [1.807, 2.05) is 60.7 Å². The van der Waals surface area contributed by atoms with Crippen LogP contribution in [0.2, 0.25) is 0 Å². The van der Waals surface area contributed by atoms with Crippen LogP contribution in [0, 0.1) is 0 Å². The molecular weight excluding hydrogens is 1510 g/mol. The monoisotopic (exact) mass is 1580 g/mol. The van der Waals surface area contributed by atoms with E-state index in [4.69, 9.17) is 39.9 Å². The summed E-state index contributed by atoms with van der Waals surface area (Å²) in [6.45, 7) is 0. The summed E-state index contributed by atoms with van der Waals surface area (Å²) in [7, 11) is 0. The Morgan fingerprint density at radius 3 is 0.702 bits per heavy atom. The summed E-state index contributed by atoms with van der Waals surface area (Å²) in [5, 5.41) is 4.27. The fourth-order valence-electron chi connectivity index (χ4n) is 16.5. The first-order chi connectivity index (χ1) is 61.4. The molecule has 8 nitrogen and oxygen atoms in total. The van der Waals surface area contributed by atoms with Crippen LogP contribution in [0.25, 0.3) is 223 Å². The molecule has 0 aliphatic rings. The maximum absolute atomic E-state index is 5.31. The van der Waals surface area contributed by atoms with Gasteiger partial charge in [-0.3, -0.25) is 0 Å². The van der Waals surface area contributed by atoms with Gasteiger partial charge in [-0.1, -0.05) is 413 Å². The van der Waals surface area contributed by atoms with Crippen LogP contribution in [-0.2, 0) is 0 Å². The van der Waals surface area contributed by atoms with Crippen molar-refractivity contribution in [2.75, 3.05) is 0 Å². The number of fused-ring (bicyclic) bond motifs is 6. The second kappa shape index (κ2) is 33.6. The number of benzene rings is 16. The summed E-state index contributed by atoms with van der Waals surface area (Å²) in [6, 6.07) is 161. The van der Waals surface area contributed by atoms with Gasteiger partial charge in [-0.25, -0.2) is 39.9 Å². The van der Waals surface area contributed by atoms with Crippen molar-refractivity contribution in [1.82, 2.24) is 39.9 Å². The molecule has 0 radical (unpaired) electrons. The Kier molecular flexibility index (Phi) is 20.3. The van der Waals surface area contributed by atoms with Crippen molar-refractivity contribution in [2.24, 2.45) is 0 Å². The molecule has 0 unspecified atom stereocenters. The highest BCUT2D eigenvalue weighted by Crippen LogP contribution is 2.41. The summed E-state index contributed by atoms with van der Waals surface area (Å²) >= 11 is 0. The molecule has 580 valence electrons. The molecule has 0 spiro atoms. The zero-order chi connectivity index (χ0) is 82.5. The summed E-state index contributed by atoms with van der Waals surface area (Å²) in [6.07, 6.45) is 0. The molecule has 0 saturated carbocycles. The Morgan fingerprint density at radius 2 is 0.339 bits per heavy atom. The summed E-state index contributed by atoms with van der Waals surface area (Å²) in [4.78, 5) is 41.7. The van der Waals surface area contributed by atoms with E-state index in [2.05, 4.69) is 400 Å². The minimum absolute atomic E-state index is 0.680. The number of hydrogen-bond acceptors (Lipinski definition) is 8. The SMILES string of the molecule is c1ccc(-c2ccc(-c3cc(-c4ccccc4)nc(-c4cccc(-c5ccc(-c6ccc7ccc8c(-c9ccccc9)cc(-c9ccccc9)nc8c7n6)cc5)c4)n3)cc2)cc1.c1ccc(-c2ccc(-c3nc(-c4ccccc4)cc(-c4cccc(-c5ccc(-c6ccc7ccc8c(-c9ccccc9)cc(-c9ccccc9)nc8c7n6)cc5)c4)n3)cc2)cc1. The third kappa shape index (κ3) is 15.6. The van der Waals surface area contributed by atoms with Gasteiger partial charge in [0.1, 0.15) is 0 Å². The van der Waals surface area contributed by atoms with E-state index in [1.165, 1.54) is 16.7 Å². The van der Waals surface area contributed by atoms with E-state index in [1.54, 1.807) is 0 Å². The zero-order valence-corrected chi connectivity index (χ0v) is 67.5. The molecule has 0 N–H and O–H groups in total. The molecule has 22 rings (SSSR count). The molecule has 0 bridgehead atoms. The first kappa shape index (κ1) is 74.8. The first-order valence-corrected chi connectivity index (χ1v) is 41.7. The Labute approximate surface area is 719 Å². The lowest BCUT2D eigenvalue weighted by molar-refractivity contribution is 1.18. The maximum atomic E-state index is 5.31. The van der Waals surface area contributed by atoms with Gasteiger partial charge < -0.3 is 0 Å². The summed E-state index contributed by atoms with van der Waals surface area (Å²) in [5.41, 5.74) is 34.7. The van der Waals surface area contributed by atoms with Gasteiger partial charge in [0.25, 0.3) is 0 Å². The molecule has 8 heteroatoms. The Bertz CT molecular complexity index is 7160. The Morgan fingerprint density at radius 1 is 0.113 bits per heavy atom. The molecule has 16 aromatic carbocycles. The number of rotatable bonds is 16. The predicted octanol–water partition coefficient (Wildman–Crippen LogP) is 29.8. The van der Waals surface area contributed by atoms with Gasteiger partial charge in [-0.15, -0.1) is 0 Å². The van der Waals surface area contributed by atoms with E-state index in [0.717, 1.165) is 195 Å². The van der Waals surface area contributed by atoms with Crippen LogP contribution in [0.4, 0.5) is 0 Å². The third-order valence-corrected chi connectivity index (χ3v) is 23.0. The fourth-order valence-corrected chi connectivity index (χ4v) is 16.5. The molecule has 6 heterocycles. The van der Waals surface area contributed by atoms with Crippen LogP contribution >= 0.6 is 0 Å². The molecule has 6 aromatic heterocycles. The lowest BCUT2D eigenvalue weighted by Gasteiger charge is -2.13. The number of aromatic nitrogens is 8. The first-order valence-electron chi connectivity index (χ1n) is 41.7. The van der Waals surface area contributed by atoms with Crippen LogP contribution in [0.1, 0.15) is 0 Å². The standard InChI is InChI=1S/2C58H38N4/c1-5-14-39(15-6-1)40-24-30-46(31-25-40)55-38-54(44-20-11-4-12-21-44)61-58(62-55)49-23-13-22-48(36-49)41-26-28-45(29-27-41)52-35-33-47-32-34-50-51(42-16-7-2-8-17-42)37-53(43-18-9-3-10-19-43)60-57(50)56(47)59-52;1-5-14-39(15-6-1)40-26-30-47(31-27-40)58-61-54(44-20-11-4-12-21-44)38-55(62-58)49-23-13-22-48(36-49)41-24-28-45(29-25-41)52-35-33-46-32-34-50-51(42-16-7-2-8-17-42)37-53(43-18-9-3-10-19-43)60-57(50)56(46)59-52/h2*1-38H. The number of hydrogen-bond donors (Lipinski definition) is 0. The van der Waals surface area contributed by atoms with E-state index in [0.29, 0.717) is 11.6 Å². The van der Waals surface area contributed by atoms with Gasteiger partial charge in [0.15, 0.2) is 11.6 Å². The molecule has 0 fully saturated rings. The van der Waals surface area contributed by atoms with Crippen molar-refractivity contribution in [1.29, 1.82) is 0 Å². The molecule has 124 heavy (non-hydrogen) atoms. The minimum atomic E-state index is 0.680. The van der Waals surface area contributed by atoms with E-state index < -0.39 is 0 Å². The van der Waals surface area contributed by atoms with E-state index >= 15 is 0 Å². The molecule has 0 amide bonds. The number of nitrogens with zero attached hydrogens (tertiary/aromatic N) is 8. The van der Waals surface area contributed by atoms with Crippen molar-refractivity contribution in [2.45, 2.75) is 0 Å². The van der Waals surface area contributed by atoms with E-state index in [9.17, 15) is 0 Å². The normalized spacial score (nSPS) is 11.2. The molecule has 22 aromatic rings. The third-order valence-electron chi connectivity index (χ3n) is 23.0. The smallest absolute Gasteiger partial charge is 0.160 e. The van der Waals surface area contributed by atoms with Gasteiger partial charge in [0, 0.05) is 77.2 Å². The van der Waals surface area contributed by atoms with Crippen molar-refractivity contribution >= 4 is 43.6 Å². The lowest BCUT2D eigenvalue weighted by Crippen LogP contribution is -1.96. The maximum Gasteiger partial charge on any atom is 0.160 e. The van der Waals surface area contributed by atoms with Crippen LogP contribution in [0.3, 0.4) is 0 Å². The van der Waals surface area contributed by atoms with Crippen molar-refractivity contribution in [3.05, 3.63) is 461 Å². The van der Waals surface area contributed by atoms with Crippen LogP contribution < -0.4 is 0 Å². The van der Waals surface area contributed by atoms with Crippen LogP contribution in [0.5, 0.6) is 0 Å². The van der Waals surface area contributed by atoms with Gasteiger partial charge in [0.2, 0.25) is 0 Å². The molecule has 0 atom stereocenters.